The number of halogens is 1. The van der Waals surface area contributed by atoms with Crippen molar-refractivity contribution >= 4 is 46.2 Å². The zero-order valence-corrected chi connectivity index (χ0v) is 16.4. The van der Waals surface area contributed by atoms with Crippen LogP contribution in [0.2, 0.25) is 5.02 Å². The van der Waals surface area contributed by atoms with Crippen LogP contribution in [0, 0.1) is 0 Å². The molecule has 0 atom stereocenters. The maximum atomic E-state index is 12.3. The number of methoxy groups -OCH3 is 1. The number of ether oxygens (including phenoxy) is 1. The number of benzene rings is 2. The maximum absolute atomic E-state index is 12.3. The quantitative estimate of drug-likeness (QED) is 0.577. The van der Waals surface area contributed by atoms with Gasteiger partial charge in [0.25, 0.3) is 5.91 Å². The standard InChI is InChI=1S/C21H15ClN2O3S/c1-26-18-8-3-2-7-16(18)23-21-24-20(25)19(28-21)12-15-9-10-17(27-15)13-5-4-6-14(22)11-13/h2-12H,1H3,(H,23,24,25). The Hall–Kier alpha value is -2.96. The summed E-state index contributed by atoms with van der Waals surface area (Å²) >= 11 is 7.28. The largest absolute Gasteiger partial charge is 0.494 e. The number of hydrogen-bond donors (Lipinski definition) is 1. The van der Waals surface area contributed by atoms with E-state index in [0.29, 0.717) is 38.1 Å². The van der Waals surface area contributed by atoms with Gasteiger partial charge in [0.1, 0.15) is 23.0 Å². The molecule has 28 heavy (non-hydrogen) atoms. The number of carbonyl (C=O) groups is 1. The number of amides is 1. The molecule has 1 aliphatic rings. The van der Waals surface area contributed by atoms with E-state index in [0.717, 1.165) is 5.56 Å². The molecule has 4 rings (SSSR count). The van der Waals surface area contributed by atoms with Gasteiger partial charge in [-0.2, -0.15) is 0 Å². The summed E-state index contributed by atoms with van der Waals surface area (Å²) < 4.78 is 11.1. The summed E-state index contributed by atoms with van der Waals surface area (Å²) in [5, 5.41) is 3.89. The number of hydrogen-bond acceptors (Lipinski definition) is 5. The number of para-hydroxylation sites is 2. The van der Waals surface area contributed by atoms with Gasteiger partial charge in [0.15, 0.2) is 5.17 Å². The lowest BCUT2D eigenvalue weighted by atomic mass is 10.2. The van der Waals surface area contributed by atoms with Crippen molar-refractivity contribution in [3.05, 3.63) is 76.4 Å². The second kappa shape index (κ2) is 7.96. The van der Waals surface area contributed by atoms with Crippen LogP contribution in [0.25, 0.3) is 17.4 Å². The fourth-order valence-corrected chi connectivity index (χ4v) is 3.67. The third kappa shape index (κ3) is 3.98. The number of nitrogens with one attached hydrogen (secondary N) is 1. The zero-order chi connectivity index (χ0) is 19.5. The molecule has 2 aromatic carbocycles. The molecule has 1 N–H and O–H groups in total. The van der Waals surface area contributed by atoms with E-state index < -0.39 is 0 Å². The Morgan fingerprint density at radius 3 is 2.82 bits per heavy atom. The molecular weight excluding hydrogens is 396 g/mol. The number of furan rings is 1. The zero-order valence-electron chi connectivity index (χ0n) is 14.8. The van der Waals surface area contributed by atoms with Crippen LogP contribution in [-0.2, 0) is 4.79 Å². The summed E-state index contributed by atoms with van der Waals surface area (Å²) in [4.78, 5) is 17.3. The molecule has 1 saturated heterocycles. The Labute approximate surface area is 171 Å². The predicted molar refractivity (Wildman–Crippen MR) is 113 cm³/mol. The van der Waals surface area contributed by atoms with E-state index >= 15 is 0 Å². The maximum Gasteiger partial charge on any atom is 0.264 e. The highest BCUT2D eigenvalue weighted by atomic mass is 35.5. The van der Waals surface area contributed by atoms with E-state index in [9.17, 15) is 4.79 Å². The third-order valence-corrected chi connectivity index (χ3v) is 5.11. The van der Waals surface area contributed by atoms with Gasteiger partial charge in [-0.25, -0.2) is 4.99 Å². The predicted octanol–water partition coefficient (Wildman–Crippen LogP) is 5.50. The van der Waals surface area contributed by atoms with Crippen molar-refractivity contribution in [2.45, 2.75) is 0 Å². The summed E-state index contributed by atoms with van der Waals surface area (Å²) in [5.41, 5.74) is 1.52. The Kier molecular flexibility index (Phi) is 5.23. The van der Waals surface area contributed by atoms with Crippen LogP contribution in [-0.4, -0.2) is 18.2 Å². The molecule has 1 aliphatic heterocycles. The molecule has 0 unspecified atom stereocenters. The van der Waals surface area contributed by atoms with Crippen LogP contribution in [0.4, 0.5) is 5.69 Å². The highest BCUT2D eigenvalue weighted by Gasteiger charge is 2.24. The Morgan fingerprint density at radius 2 is 2.00 bits per heavy atom. The van der Waals surface area contributed by atoms with Crippen molar-refractivity contribution < 1.29 is 13.9 Å². The van der Waals surface area contributed by atoms with E-state index in [1.165, 1.54) is 11.8 Å². The van der Waals surface area contributed by atoms with E-state index in [4.69, 9.17) is 20.8 Å². The summed E-state index contributed by atoms with van der Waals surface area (Å²) in [6.07, 6.45) is 1.69. The molecule has 7 heteroatoms. The lowest BCUT2D eigenvalue weighted by Gasteiger charge is -2.03. The van der Waals surface area contributed by atoms with Gasteiger partial charge >= 0.3 is 0 Å². The van der Waals surface area contributed by atoms with Crippen LogP contribution in [0.3, 0.4) is 0 Å². The molecule has 1 aromatic heterocycles. The summed E-state index contributed by atoms with van der Waals surface area (Å²) in [7, 11) is 1.58. The van der Waals surface area contributed by atoms with Crippen LogP contribution >= 0.6 is 23.4 Å². The first-order chi connectivity index (χ1) is 13.6. The smallest absolute Gasteiger partial charge is 0.264 e. The minimum atomic E-state index is -0.223. The Bertz CT molecular complexity index is 1100. The summed E-state index contributed by atoms with van der Waals surface area (Å²) in [6, 6.07) is 18.4. The Morgan fingerprint density at radius 1 is 1.14 bits per heavy atom. The molecule has 0 bridgehead atoms. The molecule has 0 saturated carbocycles. The van der Waals surface area contributed by atoms with Crippen molar-refractivity contribution in [1.82, 2.24) is 5.32 Å². The molecule has 1 amide bonds. The van der Waals surface area contributed by atoms with Crippen LogP contribution in [0.1, 0.15) is 5.76 Å². The third-order valence-electron chi connectivity index (χ3n) is 3.97. The fraction of sp³-hybridized carbons (Fsp3) is 0.0476. The van der Waals surface area contributed by atoms with Crippen molar-refractivity contribution in [3.8, 4) is 17.1 Å². The molecule has 0 aliphatic carbocycles. The van der Waals surface area contributed by atoms with Crippen molar-refractivity contribution in [1.29, 1.82) is 0 Å². The first-order valence-electron chi connectivity index (χ1n) is 8.41. The van der Waals surface area contributed by atoms with Gasteiger partial charge in [-0.15, -0.1) is 0 Å². The van der Waals surface area contributed by atoms with Gasteiger partial charge < -0.3 is 14.5 Å². The van der Waals surface area contributed by atoms with Gasteiger partial charge in [-0.3, -0.25) is 4.79 Å². The molecule has 3 aromatic rings. The molecular formula is C21H15ClN2O3S. The minimum absolute atomic E-state index is 0.223. The highest BCUT2D eigenvalue weighted by Crippen LogP contribution is 2.33. The van der Waals surface area contributed by atoms with E-state index in [1.54, 1.807) is 19.3 Å². The van der Waals surface area contributed by atoms with Gasteiger partial charge in [-0.1, -0.05) is 35.9 Å². The topological polar surface area (TPSA) is 63.8 Å². The van der Waals surface area contributed by atoms with Gasteiger partial charge in [0, 0.05) is 16.7 Å². The monoisotopic (exact) mass is 410 g/mol. The molecule has 5 nitrogen and oxygen atoms in total. The molecule has 0 radical (unpaired) electrons. The first-order valence-corrected chi connectivity index (χ1v) is 9.60. The van der Waals surface area contributed by atoms with Gasteiger partial charge in [0.05, 0.1) is 12.0 Å². The van der Waals surface area contributed by atoms with Crippen molar-refractivity contribution in [2.24, 2.45) is 4.99 Å². The van der Waals surface area contributed by atoms with Crippen molar-refractivity contribution in [3.63, 3.8) is 0 Å². The average Bonchev–Trinajstić information content (AvgIpc) is 3.29. The number of amidine groups is 1. The first kappa shape index (κ1) is 18.4. The molecule has 2 heterocycles. The van der Waals surface area contributed by atoms with Gasteiger partial charge in [0.2, 0.25) is 0 Å². The van der Waals surface area contributed by atoms with E-state index in [1.807, 2.05) is 54.6 Å². The average molecular weight is 411 g/mol. The summed E-state index contributed by atoms with van der Waals surface area (Å²) in [6.45, 7) is 0. The number of rotatable bonds is 4. The van der Waals surface area contributed by atoms with Crippen LogP contribution in [0.15, 0.2) is 75.0 Å². The molecule has 0 spiro atoms. The van der Waals surface area contributed by atoms with Crippen LogP contribution in [0.5, 0.6) is 5.75 Å². The highest BCUT2D eigenvalue weighted by molar-refractivity contribution is 8.18. The Balaban J connectivity index is 1.56. The second-order valence-corrected chi connectivity index (χ2v) is 7.33. The molecule has 1 fully saturated rings. The van der Waals surface area contributed by atoms with Crippen LogP contribution < -0.4 is 10.1 Å². The van der Waals surface area contributed by atoms with E-state index in [2.05, 4.69) is 10.3 Å². The SMILES string of the molecule is COc1ccccc1N=C1NC(=O)C(=Cc2ccc(-c3cccc(Cl)c3)o2)S1. The second-order valence-electron chi connectivity index (χ2n) is 5.87. The number of aliphatic imine (C=N–C) groups is 1. The normalized spacial score (nSPS) is 16.6. The number of carbonyl (C=O) groups excluding carboxylic acids is 1. The summed E-state index contributed by atoms with van der Waals surface area (Å²) in [5.74, 6) is 1.67. The molecule has 140 valence electrons. The number of nitrogens with zero attached hydrogens (tertiary/aromatic N) is 1. The number of thioether (sulfide) groups is 1. The fourth-order valence-electron chi connectivity index (χ4n) is 2.67. The van der Waals surface area contributed by atoms with Crippen molar-refractivity contribution in [2.75, 3.05) is 7.11 Å². The van der Waals surface area contributed by atoms with Gasteiger partial charge in [-0.05, 0) is 48.2 Å². The minimum Gasteiger partial charge on any atom is -0.494 e. The van der Waals surface area contributed by atoms with E-state index in [-0.39, 0.29) is 5.91 Å². The lowest BCUT2D eigenvalue weighted by molar-refractivity contribution is -0.115. The lowest BCUT2D eigenvalue weighted by Crippen LogP contribution is -2.19.